The summed E-state index contributed by atoms with van der Waals surface area (Å²) in [5.74, 6) is -0.0953. The Balaban J connectivity index is 2.22. The second-order valence-electron chi connectivity index (χ2n) is 4.44. The molecule has 1 fully saturated rings. The molecule has 1 aliphatic carbocycles. The fraction of sp³-hybridized carbons (Fsp3) is 0.636. The Kier molecular flexibility index (Phi) is 3.05. The molecule has 0 unspecified atom stereocenters. The van der Waals surface area contributed by atoms with Crippen molar-refractivity contribution in [3.63, 3.8) is 0 Å². The first-order chi connectivity index (χ1) is 7.67. The predicted molar refractivity (Wildman–Crippen MR) is 60.6 cm³/mol. The monoisotopic (exact) mass is 224 g/mol. The Bertz CT molecular complexity index is 374. The number of nitrogens with zero attached hydrogens (tertiary/aromatic N) is 2. The first-order valence-electron chi connectivity index (χ1n) is 5.62. The average Bonchev–Trinajstić information content (AvgIpc) is 2.74. The van der Waals surface area contributed by atoms with Crippen molar-refractivity contribution in [2.45, 2.75) is 38.1 Å². The summed E-state index contributed by atoms with van der Waals surface area (Å²) in [6, 6.07) is 0. The van der Waals surface area contributed by atoms with E-state index in [1.54, 1.807) is 6.92 Å². The largest absolute Gasteiger partial charge is 0.361 e. The van der Waals surface area contributed by atoms with E-state index in [1.807, 2.05) is 0 Å². The molecule has 1 heterocycles. The van der Waals surface area contributed by atoms with Crippen molar-refractivity contribution in [2.24, 2.45) is 5.73 Å². The zero-order chi connectivity index (χ0) is 11.6. The molecule has 1 saturated carbocycles. The molecule has 0 aliphatic heterocycles. The molecule has 2 rings (SSSR count). The highest BCUT2D eigenvalue weighted by atomic mass is 19.1. The molecule has 1 aliphatic rings. The summed E-state index contributed by atoms with van der Waals surface area (Å²) in [4.78, 5) is 7.75. The van der Waals surface area contributed by atoms with E-state index in [0.29, 0.717) is 12.2 Å². The third-order valence-corrected chi connectivity index (χ3v) is 3.30. The van der Waals surface area contributed by atoms with Crippen molar-refractivity contribution >= 4 is 5.82 Å². The number of halogens is 1. The molecular formula is C11H17FN4. The number of aryl methyl sites for hydroxylation is 1. The van der Waals surface area contributed by atoms with Gasteiger partial charge < -0.3 is 11.1 Å². The molecule has 0 amide bonds. The normalized spacial score (nSPS) is 18.7. The van der Waals surface area contributed by atoms with Crippen LogP contribution in [0.1, 0.15) is 31.4 Å². The van der Waals surface area contributed by atoms with Gasteiger partial charge in [-0.25, -0.2) is 14.4 Å². The smallest absolute Gasteiger partial charge is 0.186 e. The summed E-state index contributed by atoms with van der Waals surface area (Å²) in [6.45, 7) is 2.14. The molecule has 88 valence electrons. The number of rotatable bonds is 3. The predicted octanol–water partition coefficient (Wildman–Crippen LogP) is 1.61. The van der Waals surface area contributed by atoms with Crippen LogP contribution in [0.2, 0.25) is 0 Å². The van der Waals surface area contributed by atoms with Crippen LogP contribution in [0.25, 0.3) is 0 Å². The van der Waals surface area contributed by atoms with E-state index in [9.17, 15) is 4.39 Å². The lowest BCUT2D eigenvalue weighted by Gasteiger charge is -2.29. The Morgan fingerprint density at radius 2 is 2.12 bits per heavy atom. The van der Waals surface area contributed by atoms with Crippen molar-refractivity contribution in [3.8, 4) is 0 Å². The molecule has 4 nitrogen and oxygen atoms in total. The zero-order valence-electron chi connectivity index (χ0n) is 9.46. The van der Waals surface area contributed by atoms with Crippen LogP contribution in [0.15, 0.2) is 6.33 Å². The number of nitrogens with one attached hydrogen (secondary N) is 1. The molecule has 0 spiro atoms. The lowest BCUT2D eigenvalue weighted by Crippen LogP contribution is -2.43. The van der Waals surface area contributed by atoms with Gasteiger partial charge in [0.1, 0.15) is 6.33 Å². The number of nitrogens with two attached hydrogens (primary N) is 1. The zero-order valence-corrected chi connectivity index (χ0v) is 9.46. The van der Waals surface area contributed by atoms with Gasteiger partial charge in [-0.2, -0.15) is 0 Å². The third kappa shape index (κ3) is 2.00. The van der Waals surface area contributed by atoms with E-state index in [2.05, 4.69) is 15.3 Å². The van der Waals surface area contributed by atoms with E-state index >= 15 is 0 Å². The second-order valence-corrected chi connectivity index (χ2v) is 4.44. The van der Waals surface area contributed by atoms with E-state index < -0.39 is 0 Å². The summed E-state index contributed by atoms with van der Waals surface area (Å²) in [5.41, 5.74) is 5.96. The van der Waals surface area contributed by atoms with Gasteiger partial charge in [-0.3, -0.25) is 0 Å². The van der Waals surface area contributed by atoms with Gasteiger partial charge in [0.05, 0.1) is 11.2 Å². The van der Waals surface area contributed by atoms with Crippen LogP contribution in [0.5, 0.6) is 0 Å². The minimum atomic E-state index is -0.373. The number of anilines is 1. The number of aromatic nitrogens is 2. The van der Waals surface area contributed by atoms with Crippen molar-refractivity contribution in [3.05, 3.63) is 17.8 Å². The maximum atomic E-state index is 13.7. The Hall–Kier alpha value is -1.23. The quantitative estimate of drug-likeness (QED) is 0.818. The molecular weight excluding hydrogens is 207 g/mol. The van der Waals surface area contributed by atoms with Gasteiger partial charge >= 0.3 is 0 Å². The van der Waals surface area contributed by atoms with Crippen molar-refractivity contribution in [1.82, 2.24) is 9.97 Å². The van der Waals surface area contributed by atoms with E-state index in [0.717, 1.165) is 25.7 Å². The van der Waals surface area contributed by atoms with Gasteiger partial charge in [0.15, 0.2) is 11.6 Å². The lowest BCUT2D eigenvalue weighted by atomic mass is 9.98. The summed E-state index contributed by atoms with van der Waals surface area (Å²) >= 11 is 0. The summed E-state index contributed by atoms with van der Waals surface area (Å²) in [7, 11) is 0. The number of hydrogen-bond donors (Lipinski definition) is 2. The maximum Gasteiger partial charge on any atom is 0.186 e. The third-order valence-electron chi connectivity index (χ3n) is 3.30. The van der Waals surface area contributed by atoms with Crippen molar-refractivity contribution in [2.75, 3.05) is 11.9 Å². The van der Waals surface area contributed by atoms with Crippen molar-refractivity contribution in [1.29, 1.82) is 0 Å². The van der Waals surface area contributed by atoms with Crippen molar-refractivity contribution < 1.29 is 4.39 Å². The molecule has 0 saturated heterocycles. The molecule has 16 heavy (non-hydrogen) atoms. The lowest BCUT2D eigenvalue weighted by molar-refractivity contribution is 0.483. The highest BCUT2D eigenvalue weighted by molar-refractivity contribution is 5.40. The fourth-order valence-corrected chi connectivity index (χ4v) is 2.23. The fourth-order valence-electron chi connectivity index (χ4n) is 2.23. The van der Waals surface area contributed by atoms with Crippen LogP contribution in [0, 0.1) is 12.7 Å². The Labute approximate surface area is 94.5 Å². The molecule has 0 aromatic carbocycles. The van der Waals surface area contributed by atoms with Gasteiger partial charge in [-0.15, -0.1) is 0 Å². The van der Waals surface area contributed by atoms with Crippen LogP contribution in [-0.4, -0.2) is 22.1 Å². The van der Waals surface area contributed by atoms with Crippen LogP contribution in [-0.2, 0) is 0 Å². The first-order valence-corrected chi connectivity index (χ1v) is 5.62. The molecule has 1 aromatic rings. The SMILES string of the molecule is Cc1ncnc(NC2(CN)CCCC2)c1F. The summed E-state index contributed by atoms with van der Waals surface area (Å²) in [6.07, 6.45) is 5.60. The van der Waals surface area contributed by atoms with Gasteiger partial charge in [0.25, 0.3) is 0 Å². The molecule has 1 aromatic heterocycles. The molecule has 0 radical (unpaired) electrons. The van der Waals surface area contributed by atoms with E-state index in [-0.39, 0.29) is 17.2 Å². The van der Waals surface area contributed by atoms with E-state index in [4.69, 9.17) is 5.73 Å². The minimum absolute atomic E-state index is 0.179. The number of hydrogen-bond acceptors (Lipinski definition) is 4. The first kappa shape index (κ1) is 11.3. The summed E-state index contributed by atoms with van der Waals surface area (Å²) < 4.78 is 13.7. The van der Waals surface area contributed by atoms with Crippen LogP contribution in [0.4, 0.5) is 10.2 Å². The topological polar surface area (TPSA) is 63.8 Å². The van der Waals surface area contributed by atoms with Gasteiger partial charge in [-0.05, 0) is 19.8 Å². The van der Waals surface area contributed by atoms with Crippen LogP contribution < -0.4 is 11.1 Å². The van der Waals surface area contributed by atoms with Crippen LogP contribution >= 0.6 is 0 Å². The molecule has 0 atom stereocenters. The molecule has 0 bridgehead atoms. The highest BCUT2D eigenvalue weighted by Crippen LogP contribution is 2.32. The second kappa shape index (κ2) is 4.33. The average molecular weight is 224 g/mol. The Morgan fingerprint density at radius 3 is 2.75 bits per heavy atom. The van der Waals surface area contributed by atoms with E-state index in [1.165, 1.54) is 6.33 Å². The van der Waals surface area contributed by atoms with Gasteiger partial charge in [0, 0.05) is 6.54 Å². The minimum Gasteiger partial charge on any atom is -0.361 e. The Morgan fingerprint density at radius 1 is 1.44 bits per heavy atom. The van der Waals surface area contributed by atoms with Gasteiger partial charge in [-0.1, -0.05) is 12.8 Å². The molecule has 3 N–H and O–H groups in total. The molecule has 5 heteroatoms. The summed E-state index contributed by atoms with van der Waals surface area (Å²) in [5, 5.41) is 3.16. The van der Waals surface area contributed by atoms with Crippen LogP contribution in [0.3, 0.4) is 0 Å². The standard InChI is InChI=1S/C11H17FN4/c1-8-9(12)10(15-7-14-8)16-11(6-13)4-2-3-5-11/h7H,2-6,13H2,1H3,(H,14,15,16). The highest BCUT2D eigenvalue weighted by Gasteiger charge is 2.33. The van der Waals surface area contributed by atoms with Gasteiger partial charge in [0.2, 0.25) is 0 Å². The maximum absolute atomic E-state index is 13.7.